The van der Waals surface area contributed by atoms with E-state index in [0.717, 1.165) is 18.8 Å². The van der Waals surface area contributed by atoms with Crippen molar-refractivity contribution < 1.29 is 4.74 Å². The van der Waals surface area contributed by atoms with Gasteiger partial charge in [0.1, 0.15) is 5.75 Å². The summed E-state index contributed by atoms with van der Waals surface area (Å²) < 4.78 is 5.32. The van der Waals surface area contributed by atoms with E-state index in [9.17, 15) is 0 Å². The molecule has 0 saturated carbocycles. The van der Waals surface area contributed by atoms with Crippen LogP contribution in [-0.2, 0) is 13.1 Å². The van der Waals surface area contributed by atoms with Gasteiger partial charge in [-0.25, -0.2) is 0 Å². The zero-order valence-corrected chi connectivity index (χ0v) is 11.6. The number of fused-ring (bicyclic) bond motifs is 1. The maximum atomic E-state index is 5.99. The summed E-state index contributed by atoms with van der Waals surface area (Å²) in [6.07, 6.45) is 3.66. The highest BCUT2D eigenvalue weighted by Gasteiger charge is 2.29. The number of rotatable bonds is 4. The number of hydrogen-bond acceptors (Lipinski definition) is 4. The van der Waals surface area contributed by atoms with Crippen LogP contribution in [0.5, 0.6) is 5.75 Å². The predicted octanol–water partition coefficient (Wildman–Crippen LogP) is 2.11. The number of aromatic nitrogens is 1. The van der Waals surface area contributed by atoms with Crippen molar-refractivity contribution in [2.75, 3.05) is 13.7 Å². The van der Waals surface area contributed by atoms with Crippen LogP contribution >= 0.6 is 0 Å². The van der Waals surface area contributed by atoms with Crippen LogP contribution in [0.25, 0.3) is 0 Å². The lowest BCUT2D eigenvalue weighted by Gasteiger charge is -2.23. The minimum Gasteiger partial charge on any atom is -0.497 e. The third-order valence-corrected chi connectivity index (χ3v) is 3.88. The molecule has 104 valence electrons. The predicted molar refractivity (Wildman–Crippen MR) is 78.3 cm³/mol. The van der Waals surface area contributed by atoms with Crippen molar-refractivity contribution in [2.24, 2.45) is 5.73 Å². The maximum Gasteiger partial charge on any atom is 0.119 e. The molecule has 0 spiro atoms. The Kier molecular flexibility index (Phi) is 3.67. The van der Waals surface area contributed by atoms with Crippen LogP contribution < -0.4 is 10.5 Å². The third kappa shape index (κ3) is 2.40. The fraction of sp³-hybridized carbons (Fsp3) is 0.312. The van der Waals surface area contributed by atoms with Crippen LogP contribution in [0.15, 0.2) is 42.7 Å². The molecule has 0 amide bonds. The molecule has 3 rings (SSSR count). The van der Waals surface area contributed by atoms with E-state index in [1.54, 1.807) is 7.11 Å². The topological polar surface area (TPSA) is 51.4 Å². The van der Waals surface area contributed by atoms with E-state index in [1.807, 2.05) is 18.5 Å². The van der Waals surface area contributed by atoms with Crippen LogP contribution in [0.4, 0.5) is 0 Å². The van der Waals surface area contributed by atoms with Gasteiger partial charge in [0.15, 0.2) is 0 Å². The summed E-state index contributed by atoms with van der Waals surface area (Å²) in [6.45, 7) is 2.44. The van der Waals surface area contributed by atoms with Crippen molar-refractivity contribution in [1.82, 2.24) is 9.88 Å². The van der Waals surface area contributed by atoms with Gasteiger partial charge in [0.2, 0.25) is 0 Å². The van der Waals surface area contributed by atoms with Gasteiger partial charge < -0.3 is 10.5 Å². The molecule has 1 unspecified atom stereocenters. The van der Waals surface area contributed by atoms with Gasteiger partial charge in [0.25, 0.3) is 0 Å². The van der Waals surface area contributed by atoms with Crippen LogP contribution in [0.1, 0.15) is 22.7 Å². The molecule has 0 bridgehead atoms. The Balaban J connectivity index is 1.85. The molecule has 1 aromatic carbocycles. The number of pyridine rings is 1. The molecular weight excluding hydrogens is 250 g/mol. The van der Waals surface area contributed by atoms with E-state index in [2.05, 4.69) is 34.1 Å². The van der Waals surface area contributed by atoms with E-state index in [1.165, 1.54) is 16.7 Å². The Labute approximate surface area is 119 Å². The summed E-state index contributed by atoms with van der Waals surface area (Å²) in [5, 5.41) is 0. The first-order valence-electron chi connectivity index (χ1n) is 6.81. The third-order valence-electron chi connectivity index (χ3n) is 3.88. The standard InChI is InChI=1S/C16H19N3O/c1-20-14-3-2-13-11-19(16(9-17)15(13)8-14)10-12-4-6-18-7-5-12/h2-8,16H,9-11,17H2,1H3. The molecule has 1 aromatic heterocycles. The Morgan fingerprint density at radius 1 is 1.30 bits per heavy atom. The van der Waals surface area contributed by atoms with Gasteiger partial charge in [-0.15, -0.1) is 0 Å². The Bertz CT molecular complexity index is 586. The zero-order chi connectivity index (χ0) is 13.9. The Hall–Kier alpha value is -1.91. The second-order valence-corrected chi connectivity index (χ2v) is 5.08. The zero-order valence-electron chi connectivity index (χ0n) is 11.6. The largest absolute Gasteiger partial charge is 0.497 e. The first-order chi connectivity index (χ1) is 9.81. The molecule has 4 heteroatoms. The molecule has 0 saturated heterocycles. The van der Waals surface area contributed by atoms with Crippen LogP contribution in [0, 0.1) is 0 Å². The highest BCUT2D eigenvalue weighted by Crippen LogP contribution is 2.36. The van der Waals surface area contributed by atoms with Gasteiger partial charge >= 0.3 is 0 Å². The Morgan fingerprint density at radius 3 is 2.80 bits per heavy atom. The van der Waals surface area contributed by atoms with Gasteiger partial charge in [-0.3, -0.25) is 9.88 Å². The molecule has 1 atom stereocenters. The van der Waals surface area contributed by atoms with E-state index in [0.29, 0.717) is 6.54 Å². The lowest BCUT2D eigenvalue weighted by molar-refractivity contribution is 0.211. The molecule has 2 N–H and O–H groups in total. The lowest BCUT2D eigenvalue weighted by atomic mass is 10.0. The number of methoxy groups -OCH3 is 1. The molecular formula is C16H19N3O. The van der Waals surface area contributed by atoms with Crippen molar-refractivity contribution in [3.8, 4) is 5.75 Å². The second-order valence-electron chi connectivity index (χ2n) is 5.08. The quantitative estimate of drug-likeness (QED) is 0.923. The van der Waals surface area contributed by atoms with Crippen LogP contribution in [-0.4, -0.2) is 23.5 Å². The fourth-order valence-electron chi connectivity index (χ4n) is 2.84. The average molecular weight is 269 g/mol. The van der Waals surface area contributed by atoms with E-state index in [-0.39, 0.29) is 6.04 Å². The Morgan fingerprint density at radius 2 is 2.10 bits per heavy atom. The first-order valence-corrected chi connectivity index (χ1v) is 6.81. The maximum absolute atomic E-state index is 5.99. The lowest BCUT2D eigenvalue weighted by Crippen LogP contribution is -2.27. The minimum atomic E-state index is 0.258. The van der Waals surface area contributed by atoms with Crippen molar-refractivity contribution in [2.45, 2.75) is 19.1 Å². The van der Waals surface area contributed by atoms with Gasteiger partial charge in [-0.1, -0.05) is 6.07 Å². The molecule has 0 radical (unpaired) electrons. The summed E-state index contributed by atoms with van der Waals surface area (Å²) in [5.74, 6) is 0.896. The van der Waals surface area contributed by atoms with Gasteiger partial charge in [0.05, 0.1) is 7.11 Å². The minimum absolute atomic E-state index is 0.258. The van der Waals surface area contributed by atoms with Crippen LogP contribution in [0.2, 0.25) is 0 Å². The molecule has 1 aliphatic heterocycles. The van der Waals surface area contributed by atoms with Crippen molar-refractivity contribution in [3.05, 3.63) is 59.4 Å². The average Bonchev–Trinajstić information content (AvgIpc) is 2.84. The highest BCUT2D eigenvalue weighted by atomic mass is 16.5. The molecule has 20 heavy (non-hydrogen) atoms. The van der Waals surface area contributed by atoms with Crippen molar-refractivity contribution in [3.63, 3.8) is 0 Å². The SMILES string of the molecule is COc1ccc2c(c1)C(CN)N(Cc1ccncc1)C2. The number of ether oxygens (including phenoxy) is 1. The molecule has 0 aliphatic carbocycles. The number of hydrogen-bond donors (Lipinski definition) is 1. The van der Waals surface area contributed by atoms with Gasteiger partial charge in [-0.2, -0.15) is 0 Å². The van der Waals surface area contributed by atoms with Gasteiger partial charge in [-0.05, 0) is 41.0 Å². The van der Waals surface area contributed by atoms with Crippen molar-refractivity contribution >= 4 is 0 Å². The smallest absolute Gasteiger partial charge is 0.119 e. The number of benzene rings is 1. The van der Waals surface area contributed by atoms with E-state index in [4.69, 9.17) is 10.5 Å². The summed E-state index contributed by atoms with van der Waals surface area (Å²) in [6, 6.07) is 10.6. The van der Waals surface area contributed by atoms with Gasteiger partial charge in [0, 0.05) is 38.1 Å². The van der Waals surface area contributed by atoms with Crippen LogP contribution in [0.3, 0.4) is 0 Å². The first kappa shape index (κ1) is 13.1. The molecule has 1 aliphatic rings. The molecule has 4 nitrogen and oxygen atoms in total. The normalized spacial score (nSPS) is 18.0. The summed E-state index contributed by atoms with van der Waals surface area (Å²) in [7, 11) is 1.70. The number of nitrogens with two attached hydrogens (primary N) is 1. The van der Waals surface area contributed by atoms with E-state index < -0.39 is 0 Å². The van der Waals surface area contributed by atoms with Crippen molar-refractivity contribution in [1.29, 1.82) is 0 Å². The molecule has 2 heterocycles. The highest BCUT2D eigenvalue weighted by molar-refractivity contribution is 5.41. The summed E-state index contributed by atoms with van der Waals surface area (Å²) in [5.41, 5.74) is 9.89. The molecule has 2 aromatic rings. The summed E-state index contributed by atoms with van der Waals surface area (Å²) in [4.78, 5) is 6.46. The monoisotopic (exact) mass is 269 g/mol. The second kappa shape index (κ2) is 5.61. The summed E-state index contributed by atoms with van der Waals surface area (Å²) >= 11 is 0. The number of nitrogens with zero attached hydrogens (tertiary/aromatic N) is 2. The molecule has 0 fully saturated rings. The fourth-order valence-corrected chi connectivity index (χ4v) is 2.84. The van der Waals surface area contributed by atoms with E-state index >= 15 is 0 Å².